The summed E-state index contributed by atoms with van der Waals surface area (Å²) in [6.45, 7) is -2.86. The molecule has 35 heavy (non-hydrogen) atoms. The van der Waals surface area contributed by atoms with Gasteiger partial charge < -0.3 is 20.1 Å². The van der Waals surface area contributed by atoms with Crippen molar-refractivity contribution in [3.63, 3.8) is 0 Å². The number of rotatable bonds is 9. The molecule has 2 amide bonds. The molecule has 186 valence electrons. The first kappa shape index (κ1) is 24.6. The van der Waals surface area contributed by atoms with Gasteiger partial charge in [0.2, 0.25) is 5.91 Å². The second kappa shape index (κ2) is 9.97. The number of hydrogen-bond donors (Lipinski definition) is 2. The van der Waals surface area contributed by atoms with Crippen molar-refractivity contribution in [2.75, 3.05) is 19.7 Å². The molecule has 0 bridgehead atoms. The molecule has 1 saturated carbocycles. The molecule has 2 aliphatic carbocycles. The number of hydrogen-bond acceptors (Lipinski definition) is 4. The van der Waals surface area contributed by atoms with E-state index >= 15 is 0 Å². The van der Waals surface area contributed by atoms with Gasteiger partial charge in [0.05, 0.1) is 0 Å². The molecule has 2 aliphatic rings. The first-order valence-corrected chi connectivity index (χ1v) is 11.3. The van der Waals surface area contributed by atoms with Crippen molar-refractivity contribution in [2.24, 2.45) is 5.92 Å². The Morgan fingerprint density at radius 1 is 1.03 bits per heavy atom. The van der Waals surface area contributed by atoms with Gasteiger partial charge in [0.25, 0.3) is 0 Å². The highest BCUT2D eigenvalue weighted by Gasteiger charge is 2.39. The summed E-state index contributed by atoms with van der Waals surface area (Å²) < 4.78 is 44.3. The fourth-order valence-corrected chi connectivity index (χ4v) is 4.50. The van der Waals surface area contributed by atoms with Crippen LogP contribution >= 0.6 is 0 Å². The van der Waals surface area contributed by atoms with Crippen molar-refractivity contribution in [1.82, 2.24) is 10.2 Å². The lowest BCUT2D eigenvalue weighted by Crippen LogP contribution is -2.52. The van der Waals surface area contributed by atoms with Gasteiger partial charge in [0.15, 0.2) is 0 Å². The van der Waals surface area contributed by atoms with Gasteiger partial charge in [-0.05, 0) is 34.6 Å². The Balaban J connectivity index is 1.44. The highest BCUT2D eigenvalue weighted by molar-refractivity contribution is 5.88. The molecule has 2 aromatic rings. The zero-order chi connectivity index (χ0) is 25.2. The van der Waals surface area contributed by atoms with E-state index in [2.05, 4.69) is 5.32 Å². The molecule has 2 aromatic carbocycles. The van der Waals surface area contributed by atoms with E-state index in [4.69, 9.17) is 9.84 Å². The quantitative estimate of drug-likeness (QED) is 0.550. The minimum Gasteiger partial charge on any atom is -0.480 e. The van der Waals surface area contributed by atoms with E-state index in [9.17, 15) is 27.6 Å². The predicted molar refractivity (Wildman–Crippen MR) is 120 cm³/mol. The minimum absolute atomic E-state index is 0.0222. The van der Waals surface area contributed by atoms with Crippen molar-refractivity contribution in [3.8, 4) is 11.1 Å². The van der Waals surface area contributed by atoms with Gasteiger partial charge in [0.1, 0.15) is 25.7 Å². The number of halogens is 3. The number of amides is 2. The molecule has 7 nitrogen and oxygen atoms in total. The summed E-state index contributed by atoms with van der Waals surface area (Å²) >= 11 is 0. The molecular weight excluding hydrogens is 465 g/mol. The van der Waals surface area contributed by atoms with E-state index in [0.717, 1.165) is 35.1 Å². The van der Waals surface area contributed by atoms with Crippen LogP contribution in [-0.4, -0.2) is 59.9 Å². The van der Waals surface area contributed by atoms with E-state index in [1.807, 2.05) is 48.5 Å². The lowest BCUT2D eigenvalue weighted by atomic mass is 9.98. The number of alkyl carbamates (subject to hydrolysis) is 1. The molecule has 0 saturated heterocycles. The van der Waals surface area contributed by atoms with Crippen molar-refractivity contribution >= 4 is 18.0 Å². The molecule has 0 spiro atoms. The zero-order valence-electron chi connectivity index (χ0n) is 18.8. The second-order valence-corrected chi connectivity index (χ2v) is 8.90. The molecule has 0 aromatic heterocycles. The maximum Gasteiger partial charge on any atom is 0.407 e. The van der Waals surface area contributed by atoms with Gasteiger partial charge >= 0.3 is 18.2 Å². The SMILES string of the molecule is O=C(O)CN(CC(F)(F)F)C(=O)C(CC1CC1)NC(=O)OCC1c2ccccc2-c2ccccc21. The third kappa shape index (κ3) is 6.12. The molecule has 2 N–H and O–H groups in total. The predicted octanol–water partition coefficient (Wildman–Crippen LogP) is 4.17. The van der Waals surface area contributed by atoms with Crippen molar-refractivity contribution in [2.45, 2.75) is 37.4 Å². The smallest absolute Gasteiger partial charge is 0.407 e. The summed E-state index contributed by atoms with van der Waals surface area (Å²) in [7, 11) is 0. The number of carboxylic acids is 1. The molecule has 4 rings (SSSR count). The average molecular weight is 490 g/mol. The van der Waals surface area contributed by atoms with Crippen molar-refractivity contribution < 1.29 is 37.4 Å². The molecule has 1 atom stereocenters. The van der Waals surface area contributed by atoms with Crippen LogP contribution in [0.5, 0.6) is 0 Å². The van der Waals surface area contributed by atoms with Gasteiger partial charge in [-0.15, -0.1) is 0 Å². The van der Waals surface area contributed by atoms with Crippen LogP contribution in [0, 0.1) is 5.92 Å². The largest absolute Gasteiger partial charge is 0.480 e. The number of aliphatic carboxylic acids is 1. The highest BCUT2D eigenvalue weighted by Crippen LogP contribution is 2.44. The lowest BCUT2D eigenvalue weighted by Gasteiger charge is -2.27. The summed E-state index contributed by atoms with van der Waals surface area (Å²) in [6.07, 6.45) is -4.02. The number of carbonyl (C=O) groups excluding carboxylic acids is 2. The fraction of sp³-hybridized carbons (Fsp3) is 0.400. The molecule has 1 unspecified atom stereocenters. The number of benzene rings is 2. The Bertz CT molecular complexity index is 1070. The number of ether oxygens (including phenoxy) is 1. The van der Waals surface area contributed by atoms with E-state index in [1.165, 1.54) is 0 Å². The average Bonchev–Trinajstić information content (AvgIpc) is 3.55. The number of carbonyl (C=O) groups is 3. The summed E-state index contributed by atoms with van der Waals surface area (Å²) in [5.41, 5.74) is 4.06. The first-order chi connectivity index (χ1) is 16.6. The van der Waals surface area contributed by atoms with Crippen LogP contribution in [0.3, 0.4) is 0 Å². The Morgan fingerprint density at radius 3 is 2.11 bits per heavy atom. The lowest BCUT2D eigenvalue weighted by molar-refractivity contribution is -0.166. The van der Waals surface area contributed by atoms with Crippen LogP contribution in [0.2, 0.25) is 0 Å². The van der Waals surface area contributed by atoms with Crippen LogP contribution in [0.4, 0.5) is 18.0 Å². The van der Waals surface area contributed by atoms with Gasteiger partial charge in [-0.25, -0.2) is 4.79 Å². The van der Waals surface area contributed by atoms with E-state index < -0.39 is 43.3 Å². The third-order valence-corrected chi connectivity index (χ3v) is 6.21. The number of nitrogens with zero attached hydrogens (tertiary/aromatic N) is 1. The minimum atomic E-state index is -4.78. The summed E-state index contributed by atoms with van der Waals surface area (Å²) in [5, 5.41) is 11.4. The van der Waals surface area contributed by atoms with Crippen LogP contribution in [-0.2, 0) is 14.3 Å². The third-order valence-electron chi connectivity index (χ3n) is 6.21. The first-order valence-electron chi connectivity index (χ1n) is 11.3. The summed E-state index contributed by atoms with van der Waals surface area (Å²) in [4.78, 5) is 36.7. The number of nitrogens with one attached hydrogen (secondary N) is 1. The van der Waals surface area contributed by atoms with Gasteiger partial charge in [-0.2, -0.15) is 13.2 Å². The van der Waals surface area contributed by atoms with Crippen LogP contribution in [0.1, 0.15) is 36.3 Å². The highest BCUT2D eigenvalue weighted by atomic mass is 19.4. The molecular formula is C25H25F3N2O5. The maximum atomic E-state index is 13.0. The van der Waals surface area contributed by atoms with Crippen molar-refractivity contribution in [3.05, 3.63) is 59.7 Å². The maximum absolute atomic E-state index is 13.0. The monoisotopic (exact) mass is 490 g/mol. The van der Waals surface area contributed by atoms with Gasteiger partial charge in [0, 0.05) is 5.92 Å². The Morgan fingerprint density at radius 2 is 1.60 bits per heavy atom. The number of fused-ring (bicyclic) bond motifs is 3. The Labute approximate surface area is 199 Å². The number of alkyl halides is 3. The van der Waals surface area contributed by atoms with Crippen LogP contribution < -0.4 is 5.32 Å². The molecule has 0 aliphatic heterocycles. The van der Waals surface area contributed by atoms with Crippen LogP contribution in [0.25, 0.3) is 11.1 Å². The fourth-order valence-electron chi connectivity index (χ4n) is 4.50. The van der Waals surface area contributed by atoms with Crippen molar-refractivity contribution in [1.29, 1.82) is 0 Å². The molecule has 0 radical (unpaired) electrons. The second-order valence-electron chi connectivity index (χ2n) is 8.90. The topological polar surface area (TPSA) is 95.9 Å². The van der Waals surface area contributed by atoms with Crippen LogP contribution in [0.15, 0.2) is 48.5 Å². The molecule has 0 heterocycles. The Hall–Kier alpha value is -3.56. The number of carboxylic acid groups (broad SMARTS) is 1. The zero-order valence-corrected chi connectivity index (χ0v) is 18.8. The standard InChI is InChI=1S/C25H25F3N2O5/c26-25(27,28)14-30(12-22(31)32)23(33)21(11-15-9-10-15)29-24(34)35-13-20-18-7-3-1-5-16(18)17-6-2-4-8-19(17)20/h1-8,15,20-21H,9-14H2,(H,29,34)(H,31,32). The molecule has 1 fully saturated rings. The van der Waals surface area contributed by atoms with Gasteiger partial charge in [-0.3, -0.25) is 9.59 Å². The van der Waals surface area contributed by atoms with E-state index in [1.54, 1.807) is 0 Å². The van der Waals surface area contributed by atoms with Gasteiger partial charge in [-0.1, -0.05) is 61.4 Å². The summed E-state index contributed by atoms with van der Waals surface area (Å²) in [6, 6.07) is 14.2. The normalized spacial score (nSPS) is 15.6. The molecule has 10 heteroatoms. The summed E-state index contributed by atoms with van der Waals surface area (Å²) in [5.74, 6) is -2.81. The van der Waals surface area contributed by atoms with E-state index in [0.29, 0.717) is 0 Å². The Kier molecular flexibility index (Phi) is 7.00. The van der Waals surface area contributed by atoms with E-state index in [-0.39, 0.29) is 29.8 Å².